The Kier molecular flexibility index (Phi) is 17.6. The number of halogens is 1. The quantitative estimate of drug-likeness (QED) is 0.150. The zero-order valence-electron chi connectivity index (χ0n) is 32.5. The molecule has 14 heteroatoms. The summed E-state index contributed by atoms with van der Waals surface area (Å²) >= 11 is 3.03. The Morgan fingerprint density at radius 2 is 1.49 bits per heavy atom. The Bertz CT molecular complexity index is 1610. The van der Waals surface area contributed by atoms with Crippen LogP contribution in [0.5, 0.6) is 0 Å². The van der Waals surface area contributed by atoms with Crippen molar-refractivity contribution in [2.24, 2.45) is 16.8 Å². The largest absolute Gasteiger partial charge is 0.375 e. The van der Waals surface area contributed by atoms with Crippen LogP contribution >= 0.6 is 12.8 Å². The second-order valence-corrected chi connectivity index (χ2v) is 15.0. The Morgan fingerprint density at radius 3 is 2.13 bits per heavy atom. The fourth-order valence-corrected chi connectivity index (χ4v) is 7.86. The van der Waals surface area contributed by atoms with E-state index in [0.29, 0.717) is 49.0 Å². The highest BCUT2D eigenvalue weighted by Gasteiger charge is 2.29. The van der Waals surface area contributed by atoms with E-state index < -0.39 is 17.6 Å². The molecule has 0 aromatic heterocycles. The van der Waals surface area contributed by atoms with E-state index in [1.807, 2.05) is 16.8 Å². The fraction of sp³-hybridized carbons (Fsp3) is 0.585. The van der Waals surface area contributed by atoms with Gasteiger partial charge in [0.25, 0.3) is 5.91 Å². The number of likely N-dealkylation sites (N-methyl/N-ethyl adjacent to an activating group) is 1. The number of nitrogens with two attached hydrogens (primary N) is 2. The van der Waals surface area contributed by atoms with E-state index in [9.17, 15) is 23.6 Å². The van der Waals surface area contributed by atoms with Gasteiger partial charge in [0, 0.05) is 75.5 Å². The summed E-state index contributed by atoms with van der Waals surface area (Å²) in [4.78, 5) is 58.6. The summed E-state index contributed by atoms with van der Waals surface area (Å²) in [6.45, 7) is 5.92. The zero-order chi connectivity index (χ0) is 39.9. The number of ether oxygens (including phenoxy) is 1. The van der Waals surface area contributed by atoms with Crippen LogP contribution in [0.15, 0.2) is 42.5 Å². The number of hydrogen-bond donors (Lipinski definition) is 4. The summed E-state index contributed by atoms with van der Waals surface area (Å²) in [6.07, 6.45) is 10.6. The van der Waals surface area contributed by atoms with Crippen LogP contribution < -0.4 is 10.9 Å². The lowest BCUT2D eigenvalue weighted by molar-refractivity contribution is -0.136. The molecule has 2 aromatic carbocycles. The lowest BCUT2D eigenvalue weighted by Crippen LogP contribution is -2.52. The number of piperidine rings is 1. The molecule has 2 aliphatic heterocycles. The lowest BCUT2D eigenvalue weighted by Gasteiger charge is -2.36. The highest BCUT2D eigenvalue weighted by Crippen LogP contribution is 2.28. The van der Waals surface area contributed by atoms with Crippen molar-refractivity contribution < 1.29 is 28.3 Å². The molecule has 1 aliphatic carbocycles. The maximum atomic E-state index is 14.9. The molecule has 302 valence electrons. The molecule has 0 bridgehead atoms. The minimum atomic E-state index is -0.650. The van der Waals surface area contributed by atoms with E-state index in [4.69, 9.17) is 15.9 Å². The predicted molar refractivity (Wildman–Crippen MR) is 216 cm³/mol. The number of thiol groups is 1. The first-order valence-corrected chi connectivity index (χ1v) is 20.2. The van der Waals surface area contributed by atoms with Crippen molar-refractivity contribution in [3.05, 3.63) is 70.5 Å². The topological polar surface area (TPSA) is 166 Å². The predicted octanol–water partition coefficient (Wildman–Crippen LogP) is 4.69. The molecule has 55 heavy (non-hydrogen) atoms. The number of carbonyl (C=O) groups excluding carboxylic acids is 4. The summed E-state index contributed by atoms with van der Waals surface area (Å²) in [5.74, 6) is -0.892. The van der Waals surface area contributed by atoms with Gasteiger partial charge in [-0.25, -0.2) is 4.39 Å². The first kappa shape index (κ1) is 43.9. The first-order valence-electron chi connectivity index (χ1n) is 19.7. The van der Waals surface area contributed by atoms with Crippen LogP contribution in [0.4, 0.5) is 4.39 Å². The zero-order valence-corrected chi connectivity index (χ0v) is 33.4. The van der Waals surface area contributed by atoms with Crippen LogP contribution in [-0.2, 0) is 20.7 Å². The van der Waals surface area contributed by atoms with Crippen molar-refractivity contribution in [1.29, 1.82) is 5.41 Å². The standard InChI is InChI=1S/C41H57FN6O5.H3NS/c1-3-31(53-32-16-19-46(20-17-32)38(49)27-29-9-5-4-6-10-29)15-18-45(2)28-39(50)47-21-23-48(24-22-47)41(52)35-25-30(13-14-36(35)42)26-37(43)33-11-7-8-12-34(33)40(44)51;1-2/h7-8,11-14,25,29,31-32,43H,3-6,9-10,15-24,26-28H2,1-2H3,(H2,44,51);2H,1H2. The van der Waals surface area contributed by atoms with E-state index >= 15 is 0 Å². The minimum Gasteiger partial charge on any atom is -0.375 e. The van der Waals surface area contributed by atoms with Gasteiger partial charge < -0.3 is 30.6 Å². The van der Waals surface area contributed by atoms with Crippen LogP contribution in [0, 0.1) is 17.1 Å². The van der Waals surface area contributed by atoms with Gasteiger partial charge in [-0.1, -0.05) is 50.5 Å². The molecule has 0 radical (unpaired) electrons. The number of carbonyl (C=O) groups is 4. The van der Waals surface area contributed by atoms with Crippen LogP contribution in [-0.4, -0.2) is 121 Å². The molecule has 1 unspecified atom stereocenters. The van der Waals surface area contributed by atoms with E-state index in [2.05, 4.69) is 24.9 Å². The van der Waals surface area contributed by atoms with Crippen molar-refractivity contribution in [3.63, 3.8) is 0 Å². The van der Waals surface area contributed by atoms with Crippen LogP contribution in [0.25, 0.3) is 0 Å². The van der Waals surface area contributed by atoms with Gasteiger partial charge in [0.15, 0.2) is 0 Å². The average molecular weight is 782 g/mol. The molecule has 1 atom stereocenters. The molecule has 2 saturated heterocycles. The first-order chi connectivity index (χ1) is 26.5. The van der Waals surface area contributed by atoms with Gasteiger partial charge in [-0.15, -0.1) is 12.8 Å². The molecule has 1 saturated carbocycles. The van der Waals surface area contributed by atoms with E-state index in [0.717, 1.165) is 38.8 Å². The SMILES string of the molecule is CCC(CCN(C)CC(=O)N1CCN(C(=O)c2cc(CC(=N)c3ccccc3C(N)=O)ccc2F)CC1)OC1CCN(C(=O)CC2CCCCC2)CC1.NS. The summed E-state index contributed by atoms with van der Waals surface area (Å²) < 4.78 is 21.4. The third kappa shape index (κ3) is 12.8. The number of rotatable bonds is 15. The number of nitrogens with one attached hydrogen (secondary N) is 1. The number of nitrogens with zero attached hydrogens (tertiary/aromatic N) is 4. The summed E-state index contributed by atoms with van der Waals surface area (Å²) in [6, 6.07) is 10.8. The molecule has 4 amide bonds. The maximum Gasteiger partial charge on any atom is 0.256 e. The van der Waals surface area contributed by atoms with Gasteiger partial charge in [0.2, 0.25) is 17.7 Å². The summed E-state index contributed by atoms with van der Waals surface area (Å²) in [5, 5.41) is 12.7. The van der Waals surface area contributed by atoms with Gasteiger partial charge in [0.1, 0.15) is 5.82 Å². The third-order valence-corrected chi connectivity index (χ3v) is 11.1. The number of benzene rings is 2. The van der Waals surface area contributed by atoms with E-state index in [-0.39, 0.29) is 61.0 Å². The molecule has 3 aliphatic rings. The highest BCUT2D eigenvalue weighted by atomic mass is 32.1. The Labute approximate surface area is 331 Å². The van der Waals surface area contributed by atoms with E-state index in [1.165, 1.54) is 50.3 Å². The molecular weight excluding hydrogens is 722 g/mol. The van der Waals surface area contributed by atoms with E-state index in [1.54, 1.807) is 34.1 Å². The second-order valence-electron chi connectivity index (χ2n) is 15.0. The third-order valence-electron chi connectivity index (χ3n) is 11.1. The Balaban J connectivity index is 0.00000331. The van der Waals surface area contributed by atoms with Gasteiger partial charge in [-0.2, -0.15) is 0 Å². The Morgan fingerprint density at radius 1 is 0.873 bits per heavy atom. The number of hydrogen-bond acceptors (Lipinski definition) is 9. The van der Waals surface area contributed by atoms with Gasteiger partial charge in [0.05, 0.1) is 24.3 Å². The molecule has 2 aromatic rings. The smallest absolute Gasteiger partial charge is 0.256 e. The summed E-state index contributed by atoms with van der Waals surface area (Å²) in [5.41, 5.74) is 6.72. The van der Waals surface area contributed by atoms with Crippen molar-refractivity contribution >= 4 is 42.2 Å². The molecule has 12 nitrogen and oxygen atoms in total. The fourth-order valence-electron chi connectivity index (χ4n) is 7.86. The van der Waals surface area contributed by atoms with Gasteiger partial charge in [-0.3, -0.25) is 29.2 Å². The number of primary amides is 1. The Hall–Kier alpha value is -3.85. The highest BCUT2D eigenvalue weighted by molar-refractivity contribution is 7.77. The van der Waals surface area contributed by atoms with Crippen molar-refractivity contribution in [2.75, 3.05) is 59.4 Å². The lowest BCUT2D eigenvalue weighted by atomic mass is 9.86. The van der Waals surface area contributed by atoms with Crippen molar-refractivity contribution in [3.8, 4) is 0 Å². The molecule has 3 fully saturated rings. The molecule has 0 spiro atoms. The van der Waals surface area contributed by atoms with Crippen LogP contribution in [0.2, 0.25) is 0 Å². The number of piperazine rings is 1. The van der Waals surface area contributed by atoms with Crippen molar-refractivity contribution in [1.82, 2.24) is 19.6 Å². The van der Waals surface area contributed by atoms with Gasteiger partial charge >= 0.3 is 0 Å². The maximum absolute atomic E-state index is 14.9. The van der Waals surface area contributed by atoms with Crippen LogP contribution in [0.3, 0.4) is 0 Å². The number of amides is 4. The monoisotopic (exact) mass is 781 g/mol. The number of likely N-dealkylation sites (tertiary alicyclic amines) is 1. The molecule has 5 rings (SSSR count). The molecule has 2 heterocycles. The minimum absolute atomic E-state index is 0.0123. The van der Waals surface area contributed by atoms with Crippen LogP contribution in [0.1, 0.15) is 103 Å². The normalized spacial score (nSPS) is 17.4. The van der Waals surface area contributed by atoms with Crippen molar-refractivity contribution in [2.45, 2.75) is 89.8 Å². The second kappa shape index (κ2) is 22.0. The molecule has 5 N–H and O–H groups in total. The van der Waals surface area contributed by atoms with Gasteiger partial charge in [-0.05, 0) is 75.3 Å². The molecular formula is C41H60FN7O5S. The summed E-state index contributed by atoms with van der Waals surface area (Å²) in [7, 11) is 1.93. The average Bonchev–Trinajstić information content (AvgIpc) is 3.21.